The second-order valence-electron chi connectivity index (χ2n) is 5.03. The lowest BCUT2D eigenvalue weighted by Gasteiger charge is -2.04. The molecule has 3 aromatic rings. The van der Waals surface area contributed by atoms with E-state index >= 15 is 0 Å². The predicted octanol–water partition coefficient (Wildman–Crippen LogP) is 3.08. The molecule has 0 aliphatic heterocycles. The molecule has 2 heterocycles. The van der Waals surface area contributed by atoms with Crippen molar-refractivity contribution in [3.8, 4) is 0 Å². The van der Waals surface area contributed by atoms with Crippen LogP contribution in [0.25, 0.3) is 11.0 Å². The molecule has 0 aliphatic carbocycles. The topological polar surface area (TPSA) is 86.4 Å². The van der Waals surface area contributed by atoms with Crippen molar-refractivity contribution < 1.29 is 18.7 Å². The van der Waals surface area contributed by atoms with Gasteiger partial charge < -0.3 is 14.5 Å². The number of fused-ring (bicyclic) bond motifs is 1. The Balaban J connectivity index is 1.99. The second kappa shape index (κ2) is 6.57. The van der Waals surface area contributed by atoms with E-state index in [0.717, 1.165) is 0 Å². The number of amides is 1. The first-order valence-electron chi connectivity index (χ1n) is 7.67. The summed E-state index contributed by atoms with van der Waals surface area (Å²) in [7, 11) is 0. The van der Waals surface area contributed by atoms with E-state index in [-0.39, 0.29) is 18.1 Å². The molecule has 0 unspecified atom stereocenters. The molecule has 2 aromatic heterocycles. The number of nitrogens with zero attached hydrogens (tertiary/aromatic N) is 2. The lowest BCUT2D eigenvalue weighted by Crippen LogP contribution is -2.16. The monoisotopic (exact) mass is 327 g/mol. The van der Waals surface area contributed by atoms with Crippen LogP contribution < -0.4 is 5.32 Å². The Morgan fingerprint density at radius 1 is 1.25 bits per heavy atom. The van der Waals surface area contributed by atoms with Crippen LogP contribution in [0.3, 0.4) is 0 Å². The summed E-state index contributed by atoms with van der Waals surface area (Å²) in [4.78, 5) is 24.6. The fourth-order valence-corrected chi connectivity index (χ4v) is 2.35. The highest BCUT2D eigenvalue weighted by Crippen LogP contribution is 2.31. The van der Waals surface area contributed by atoms with Crippen molar-refractivity contribution in [2.75, 3.05) is 11.9 Å². The van der Waals surface area contributed by atoms with Gasteiger partial charge in [-0.25, -0.2) is 4.79 Å². The van der Waals surface area contributed by atoms with Crippen LogP contribution in [0.5, 0.6) is 0 Å². The molecule has 0 aliphatic rings. The Morgan fingerprint density at radius 3 is 2.75 bits per heavy atom. The molecule has 3 rings (SSSR count). The van der Waals surface area contributed by atoms with Crippen LogP contribution in [-0.2, 0) is 11.3 Å². The van der Waals surface area contributed by atoms with Crippen molar-refractivity contribution in [3.63, 3.8) is 0 Å². The number of hydrogen-bond acceptors (Lipinski definition) is 5. The molecule has 7 heteroatoms. The van der Waals surface area contributed by atoms with Crippen molar-refractivity contribution in [3.05, 3.63) is 48.0 Å². The highest BCUT2D eigenvalue weighted by molar-refractivity contribution is 6.12. The lowest BCUT2D eigenvalue weighted by molar-refractivity contribution is 0.0494. The van der Waals surface area contributed by atoms with Crippen molar-refractivity contribution in [1.29, 1.82) is 0 Å². The highest BCUT2D eigenvalue weighted by Gasteiger charge is 2.24. The van der Waals surface area contributed by atoms with Gasteiger partial charge in [0.2, 0.25) is 5.76 Å². The largest absolute Gasteiger partial charge is 0.460 e. The second-order valence-corrected chi connectivity index (χ2v) is 5.03. The Labute approximate surface area is 138 Å². The fraction of sp³-hybridized carbons (Fsp3) is 0.235. The van der Waals surface area contributed by atoms with Gasteiger partial charge in [0.15, 0.2) is 5.69 Å². The average Bonchev–Trinajstić information content (AvgIpc) is 3.20. The highest BCUT2D eigenvalue weighted by atomic mass is 16.5. The van der Waals surface area contributed by atoms with Crippen LogP contribution in [0.2, 0.25) is 0 Å². The molecule has 0 saturated heterocycles. The van der Waals surface area contributed by atoms with E-state index in [9.17, 15) is 9.59 Å². The number of rotatable bonds is 5. The van der Waals surface area contributed by atoms with Crippen molar-refractivity contribution in [2.24, 2.45) is 0 Å². The van der Waals surface area contributed by atoms with Crippen LogP contribution in [0.1, 0.15) is 34.9 Å². The lowest BCUT2D eigenvalue weighted by atomic mass is 10.2. The summed E-state index contributed by atoms with van der Waals surface area (Å²) in [5, 5.41) is 7.50. The maximum Gasteiger partial charge on any atom is 0.376 e. The number of carbonyl (C=O) groups excluding carboxylic acids is 2. The van der Waals surface area contributed by atoms with Crippen LogP contribution in [0.15, 0.2) is 40.9 Å². The summed E-state index contributed by atoms with van der Waals surface area (Å²) in [6.07, 6.45) is 1.72. The van der Waals surface area contributed by atoms with Crippen molar-refractivity contribution in [2.45, 2.75) is 20.4 Å². The van der Waals surface area contributed by atoms with E-state index in [1.165, 1.54) is 0 Å². The molecule has 0 atom stereocenters. The number of furan rings is 1. The first-order chi connectivity index (χ1) is 11.6. The summed E-state index contributed by atoms with van der Waals surface area (Å²) < 4.78 is 12.2. The zero-order chi connectivity index (χ0) is 17.1. The predicted molar refractivity (Wildman–Crippen MR) is 88.0 cm³/mol. The molecule has 124 valence electrons. The third-order valence-corrected chi connectivity index (χ3v) is 3.49. The molecule has 1 N–H and O–H groups in total. The van der Waals surface area contributed by atoms with E-state index < -0.39 is 11.9 Å². The Kier molecular flexibility index (Phi) is 4.33. The number of aryl methyl sites for hydroxylation is 1. The van der Waals surface area contributed by atoms with Gasteiger partial charge in [-0.2, -0.15) is 5.10 Å². The number of ether oxygens (including phenoxy) is 1. The number of para-hydroxylation sites is 1. The number of anilines is 1. The SMILES string of the molecule is CCOC(=O)c1oc2ccccc2c1NC(=O)c1ccn(CC)n1. The maximum atomic E-state index is 12.4. The molecule has 0 fully saturated rings. The van der Waals surface area contributed by atoms with Gasteiger partial charge in [-0.1, -0.05) is 12.1 Å². The molecule has 0 saturated carbocycles. The van der Waals surface area contributed by atoms with E-state index in [2.05, 4.69) is 10.4 Å². The summed E-state index contributed by atoms with van der Waals surface area (Å²) in [5.74, 6) is -1.07. The standard InChI is InChI=1S/C17H17N3O4/c1-3-20-10-9-12(19-20)16(21)18-14-11-7-5-6-8-13(11)24-15(14)17(22)23-4-2/h5-10H,3-4H2,1-2H3,(H,18,21). The number of hydrogen-bond donors (Lipinski definition) is 1. The number of carbonyl (C=O) groups is 2. The van der Waals surface area contributed by atoms with Gasteiger partial charge in [0.1, 0.15) is 11.3 Å². The van der Waals surface area contributed by atoms with Crippen LogP contribution >= 0.6 is 0 Å². The number of esters is 1. The minimum atomic E-state index is -0.622. The molecular formula is C17H17N3O4. The van der Waals surface area contributed by atoms with Gasteiger partial charge in [-0.15, -0.1) is 0 Å². The van der Waals surface area contributed by atoms with E-state index in [1.807, 2.05) is 6.92 Å². The van der Waals surface area contributed by atoms with E-state index in [4.69, 9.17) is 9.15 Å². The molecule has 0 spiro atoms. The first-order valence-corrected chi connectivity index (χ1v) is 7.67. The summed E-state index contributed by atoms with van der Waals surface area (Å²) in [6, 6.07) is 8.69. The molecule has 1 amide bonds. The van der Waals surface area contributed by atoms with E-state index in [1.54, 1.807) is 48.1 Å². The molecule has 24 heavy (non-hydrogen) atoms. The van der Waals surface area contributed by atoms with Gasteiger partial charge in [0.05, 0.1) is 6.61 Å². The number of aromatic nitrogens is 2. The fourth-order valence-electron chi connectivity index (χ4n) is 2.35. The van der Waals surface area contributed by atoms with Gasteiger partial charge in [0, 0.05) is 18.1 Å². The minimum Gasteiger partial charge on any atom is -0.460 e. The number of benzene rings is 1. The number of nitrogens with one attached hydrogen (secondary N) is 1. The van der Waals surface area contributed by atoms with Crippen molar-refractivity contribution in [1.82, 2.24) is 9.78 Å². The summed E-state index contributed by atoms with van der Waals surface area (Å²) in [6.45, 7) is 4.51. The van der Waals surface area contributed by atoms with Gasteiger partial charge in [-0.3, -0.25) is 9.48 Å². The van der Waals surface area contributed by atoms with Gasteiger partial charge in [0.25, 0.3) is 5.91 Å². The zero-order valence-corrected chi connectivity index (χ0v) is 13.4. The third kappa shape index (κ3) is 2.88. The smallest absolute Gasteiger partial charge is 0.376 e. The Hall–Kier alpha value is -3.09. The molecule has 0 bridgehead atoms. The Morgan fingerprint density at radius 2 is 2.04 bits per heavy atom. The average molecular weight is 327 g/mol. The van der Waals surface area contributed by atoms with E-state index in [0.29, 0.717) is 23.2 Å². The third-order valence-electron chi connectivity index (χ3n) is 3.49. The molecule has 7 nitrogen and oxygen atoms in total. The van der Waals surface area contributed by atoms with Crippen LogP contribution in [-0.4, -0.2) is 28.3 Å². The normalized spacial score (nSPS) is 10.8. The minimum absolute atomic E-state index is 0.0266. The molecule has 1 aromatic carbocycles. The van der Waals surface area contributed by atoms with Gasteiger partial charge in [-0.05, 0) is 32.0 Å². The van der Waals surface area contributed by atoms with Gasteiger partial charge >= 0.3 is 5.97 Å². The summed E-state index contributed by atoms with van der Waals surface area (Å²) >= 11 is 0. The van der Waals surface area contributed by atoms with Crippen molar-refractivity contribution >= 4 is 28.5 Å². The molecular weight excluding hydrogens is 310 g/mol. The summed E-state index contributed by atoms with van der Waals surface area (Å²) in [5.41, 5.74) is 1.05. The molecule has 0 radical (unpaired) electrons. The first kappa shape index (κ1) is 15.8. The zero-order valence-electron chi connectivity index (χ0n) is 13.4. The van der Waals surface area contributed by atoms with Crippen LogP contribution in [0.4, 0.5) is 5.69 Å². The van der Waals surface area contributed by atoms with Crippen LogP contribution in [0, 0.1) is 0 Å². The quantitative estimate of drug-likeness (QED) is 0.728. The Bertz CT molecular complexity index is 894. The maximum absolute atomic E-state index is 12.4.